The molecule has 0 bridgehead atoms. The Balaban J connectivity index is 1.28. The lowest BCUT2D eigenvalue weighted by Crippen LogP contribution is -2.25. The zero-order valence-electron chi connectivity index (χ0n) is 17.2. The second kappa shape index (κ2) is 11.1. The van der Waals surface area contributed by atoms with E-state index in [2.05, 4.69) is 20.5 Å². The molecule has 0 unspecified atom stereocenters. The molecule has 1 aromatic heterocycles. The lowest BCUT2D eigenvalue weighted by molar-refractivity contribution is -0.114. The number of carbonyl (C=O) groups excluding carboxylic acids is 2. The number of hydrogen-bond donors (Lipinski definition) is 2. The van der Waals surface area contributed by atoms with Crippen LogP contribution in [0, 0.1) is 0 Å². The molecule has 0 aliphatic carbocycles. The fourth-order valence-corrected chi connectivity index (χ4v) is 6.16. The van der Waals surface area contributed by atoms with Crippen LogP contribution >= 0.6 is 47.1 Å². The summed E-state index contributed by atoms with van der Waals surface area (Å²) in [5, 5.41) is 5.81. The highest BCUT2D eigenvalue weighted by atomic mass is 32.2. The van der Waals surface area contributed by atoms with E-state index in [1.165, 1.54) is 47.7 Å². The van der Waals surface area contributed by atoms with E-state index in [0.717, 1.165) is 43.3 Å². The molecule has 0 saturated carbocycles. The molecule has 166 valence electrons. The Labute approximate surface area is 204 Å². The molecule has 32 heavy (non-hydrogen) atoms. The third kappa shape index (κ3) is 6.44. The van der Waals surface area contributed by atoms with E-state index in [1.54, 1.807) is 0 Å². The van der Waals surface area contributed by atoms with Crippen LogP contribution in [-0.2, 0) is 9.59 Å². The van der Waals surface area contributed by atoms with Crippen molar-refractivity contribution in [3.63, 3.8) is 0 Å². The van der Waals surface area contributed by atoms with Gasteiger partial charge in [-0.25, -0.2) is 4.98 Å². The van der Waals surface area contributed by atoms with Crippen LogP contribution in [0.1, 0.15) is 12.8 Å². The van der Waals surface area contributed by atoms with Crippen molar-refractivity contribution < 1.29 is 9.59 Å². The van der Waals surface area contributed by atoms with Crippen LogP contribution in [0.15, 0.2) is 52.9 Å². The smallest absolute Gasteiger partial charge is 0.234 e. The van der Waals surface area contributed by atoms with Crippen molar-refractivity contribution in [3.05, 3.63) is 48.5 Å². The van der Waals surface area contributed by atoms with Gasteiger partial charge in [-0.1, -0.05) is 53.9 Å². The number of aromatic nitrogens is 1. The number of thiazole rings is 1. The maximum Gasteiger partial charge on any atom is 0.234 e. The van der Waals surface area contributed by atoms with Gasteiger partial charge in [-0.15, -0.1) is 11.3 Å². The first-order chi connectivity index (χ1) is 15.6. The molecule has 10 heteroatoms. The van der Waals surface area contributed by atoms with E-state index >= 15 is 0 Å². The number of carbonyl (C=O) groups is 2. The molecule has 1 fully saturated rings. The standard InChI is InChI=1S/C22H22N4O2S4/c27-19(23-15-6-2-1-3-7-15)13-30-21-25-17-9-8-16(12-18(17)32-21)24-20(28)14-31-22(29)26-10-4-5-11-26/h1-3,6-9,12H,4-5,10-11,13-14H2,(H,23,27)(H,24,28). The zero-order valence-corrected chi connectivity index (χ0v) is 20.5. The average Bonchev–Trinajstić information content (AvgIpc) is 3.46. The summed E-state index contributed by atoms with van der Waals surface area (Å²) in [7, 11) is 0. The Morgan fingerprint density at radius 2 is 1.72 bits per heavy atom. The maximum atomic E-state index is 12.3. The summed E-state index contributed by atoms with van der Waals surface area (Å²) < 4.78 is 2.58. The molecule has 1 saturated heterocycles. The molecular weight excluding hydrogens is 481 g/mol. The summed E-state index contributed by atoms with van der Waals surface area (Å²) >= 11 is 9.74. The number of thiocarbonyl (C=S) groups is 1. The number of nitrogens with one attached hydrogen (secondary N) is 2. The van der Waals surface area contributed by atoms with Crippen molar-refractivity contribution in [2.75, 3.05) is 35.2 Å². The zero-order chi connectivity index (χ0) is 22.3. The first kappa shape index (κ1) is 23.0. The fourth-order valence-electron chi connectivity index (χ4n) is 3.20. The molecule has 0 atom stereocenters. The third-order valence-electron chi connectivity index (χ3n) is 4.73. The first-order valence-electron chi connectivity index (χ1n) is 10.2. The number of likely N-dealkylation sites (tertiary alicyclic amines) is 1. The van der Waals surface area contributed by atoms with Crippen LogP contribution < -0.4 is 10.6 Å². The van der Waals surface area contributed by atoms with Crippen molar-refractivity contribution in [1.29, 1.82) is 0 Å². The van der Waals surface area contributed by atoms with Crippen molar-refractivity contribution in [1.82, 2.24) is 9.88 Å². The van der Waals surface area contributed by atoms with E-state index in [1.807, 2.05) is 48.5 Å². The first-order valence-corrected chi connectivity index (χ1v) is 13.4. The SMILES string of the molecule is O=C(CSC(=S)N1CCCC1)Nc1ccc2nc(SCC(=O)Nc3ccccc3)sc2c1. The van der Waals surface area contributed by atoms with Gasteiger partial charge in [-0.3, -0.25) is 9.59 Å². The monoisotopic (exact) mass is 502 g/mol. The quantitative estimate of drug-likeness (QED) is 0.345. The molecule has 4 rings (SSSR count). The minimum atomic E-state index is -0.0763. The Morgan fingerprint density at radius 1 is 1.00 bits per heavy atom. The van der Waals surface area contributed by atoms with Gasteiger partial charge in [0.05, 0.1) is 21.7 Å². The van der Waals surface area contributed by atoms with Crippen LogP contribution in [0.25, 0.3) is 10.2 Å². The molecule has 2 N–H and O–H groups in total. The summed E-state index contributed by atoms with van der Waals surface area (Å²) in [4.78, 5) is 31.2. The van der Waals surface area contributed by atoms with Crippen molar-refractivity contribution in [3.8, 4) is 0 Å². The van der Waals surface area contributed by atoms with Crippen LogP contribution in [0.3, 0.4) is 0 Å². The Bertz CT molecular complexity index is 1110. The average molecular weight is 503 g/mol. The molecule has 0 radical (unpaired) electrons. The fraction of sp³-hybridized carbons (Fsp3) is 0.273. The minimum absolute atomic E-state index is 0.0715. The van der Waals surface area contributed by atoms with Crippen LogP contribution in [-0.4, -0.2) is 50.6 Å². The van der Waals surface area contributed by atoms with Gasteiger partial charge in [-0.2, -0.15) is 0 Å². The van der Waals surface area contributed by atoms with Gasteiger partial charge in [0.1, 0.15) is 4.32 Å². The van der Waals surface area contributed by atoms with Crippen molar-refractivity contribution in [2.45, 2.75) is 17.2 Å². The van der Waals surface area contributed by atoms with Gasteiger partial charge in [0, 0.05) is 24.5 Å². The maximum absolute atomic E-state index is 12.3. The van der Waals surface area contributed by atoms with E-state index in [4.69, 9.17) is 12.2 Å². The highest BCUT2D eigenvalue weighted by Crippen LogP contribution is 2.31. The van der Waals surface area contributed by atoms with Gasteiger partial charge in [0.2, 0.25) is 11.8 Å². The minimum Gasteiger partial charge on any atom is -0.358 e. The molecule has 3 aromatic rings. The molecular formula is C22H22N4O2S4. The molecule has 2 heterocycles. The van der Waals surface area contributed by atoms with E-state index < -0.39 is 0 Å². The molecule has 2 aromatic carbocycles. The summed E-state index contributed by atoms with van der Waals surface area (Å²) in [6.45, 7) is 1.98. The Hall–Kier alpha value is -2.14. The molecule has 0 spiro atoms. The number of rotatable bonds is 7. The second-order valence-corrected chi connectivity index (χ2v) is 11.0. The summed E-state index contributed by atoms with van der Waals surface area (Å²) in [6, 6.07) is 15.0. The van der Waals surface area contributed by atoms with Crippen molar-refractivity contribution >= 4 is 84.8 Å². The lowest BCUT2D eigenvalue weighted by Gasteiger charge is -2.17. The topological polar surface area (TPSA) is 74.3 Å². The van der Waals surface area contributed by atoms with E-state index in [0.29, 0.717) is 5.75 Å². The van der Waals surface area contributed by atoms with Crippen LogP contribution in [0.5, 0.6) is 0 Å². The number of fused-ring (bicyclic) bond motifs is 1. The Morgan fingerprint density at radius 3 is 2.50 bits per heavy atom. The highest BCUT2D eigenvalue weighted by Gasteiger charge is 2.16. The third-order valence-corrected chi connectivity index (χ3v) is 8.41. The number of nitrogens with zero attached hydrogens (tertiary/aromatic N) is 2. The largest absolute Gasteiger partial charge is 0.358 e. The van der Waals surface area contributed by atoms with Gasteiger partial charge in [0.25, 0.3) is 0 Å². The molecule has 1 aliphatic heterocycles. The molecule has 6 nitrogen and oxygen atoms in total. The molecule has 1 aliphatic rings. The Kier molecular flexibility index (Phi) is 8.01. The summed E-state index contributed by atoms with van der Waals surface area (Å²) in [5.74, 6) is 0.436. The van der Waals surface area contributed by atoms with Crippen LogP contribution in [0.4, 0.5) is 11.4 Å². The number of benzene rings is 2. The lowest BCUT2D eigenvalue weighted by atomic mass is 10.3. The summed E-state index contributed by atoms with van der Waals surface area (Å²) in [6.07, 6.45) is 2.33. The predicted octanol–water partition coefficient (Wildman–Crippen LogP) is 5.08. The number of thioether (sulfide) groups is 2. The van der Waals surface area contributed by atoms with Gasteiger partial charge in [0.15, 0.2) is 4.34 Å². The predicted molar refractivity (Wildman–Crippen MR) is 140 cm³/mol. The number of anilines is 2. The highest BCUT2D eigenvalue weighted by molar-refractivity contribution is 8.23. The van der Waals surface area contributed by atoms with Crippen LogP contribution in [0.2, 0.25) is 0 Å². The number of hydrogen-bond acceptors (Lipinski definition) is 7. The van der Waals surface area contributed by atoms with E-state index in [-0.39, 0.29) is 17.6 Å². The van der Waals surface area contributed by atoms with E-state index in [9.17, 15) is 9.59 Å². The second-order valence-electron chi connectivity index (χ2n) is 7.16. The van der Waals surface area contributed by atoms with Crippen molar-refractivity contribution in [2.24, 2.45) is 0 Å². The number of amides is 2. The summed E-state index contributed by atoms with van der Waals surface area (Å²) in [5.41, 5.74) is 2.36. The van der Waals surface area contributed by atoms with Gasteiger partial charge < -0.3 is 15.5 Å². The number of para-hydroxylation sites is 1. The van der Waals surface area contributed by atoms with Gasteiger partial charge >= 0.3 is 0 Å². The van der Waals surface area contributed by atoms with Gasteiger partial charge in [-0.05, 0) is 43.2 Å². The normalized spacial score (nSPS) is 13.3. The molecule has 2 amide bonds.